The number of carbonyl (C=O) groups is 1. The van der Waals surface area contributed by atoms with Gasteiger partial charge in [0.05, 0.1) is 5.92 Å². The summed E-state index contributed by atoms with van der Waals surface area (Å²) in [5.41, 5.74) is 1.36. The molecule has 0 bridgehead atoms. The first-order chi connectivity index (χ1) is 14.1. The molecule has 3 fully saturated rings. The van der Waals surface area contributed by atoms with Crippen LogP contribution >= 0.6 is 0 Å². The average Bonchev–Trinajstić information content (AvgIpc) is 3.31. The van der Waals surface area contributed by atoms with Crippen molar-refractivity contribution in [2.45, 2.75) is 51.5 Å². The Hall–Kier alpha value is -2.21. The molecule has 2 aromatic rings. The van der Waals surface area contributed by atoms with Gasteiger partial charge in [0.25, 0.3) is 0 Å². The first-order valence-electron chi connectivity index (χ1n) is 11.0. The Bertz CT molecular complexity index is 853. The van der Waals surface area contributed by atoms with E-state index in [4.69, 9.17) is 4.42 Å². The third-order valence-electron chi connectivity index (χ3n) is 7.08. The van der Waals surface area contributed by atoms with Gasteiger partial charge in [-0.25, -0.2) is 0 Å². The topological polar surface area (TPSA) is 62.5 Å². The van der Waals surface area contributed by atoms with Crippen LogP contribution in [0.4, 0.5) is 0 Å². The molecule has 1 aromatic heterocycles. The number of amides is 1. The summed E-state index contributed by atoms with van der Waals surface area (Å²) in [5, 5.41) is 8.44. The van der Waals surface area contributed by atoms with Crippen LogP contribution in [-0.2, 0) is 11.3 Å². The average molecular weight is 395 g/mol. The van der Waals surface area contributed by atoms with Crippen molar-refractivity contribution < 1.29 is 9.21 Å². The zero-order valence-corrected chi connectivity index (χ0v) is 17.2. The van der Waals surface area contributed by atoms with E-state index in [1.807, 2.05) is 6.92 Å². The molecule has 5 rings (SSSR count). The predicted molar refractivity (Wildman–Crippen MR) is 109 cm³/mol. The first-order valence-corrected chi connectivity index (χ1v) is 11.0. The molecule has 0 radical (unpaired) electrons. The van der Waals surface area contributed by atoms with E-state index in [1.165, 1.54) is 24.8 Å². The Morgan fingerprint density at radius 3 is 2.55 bits per heavy atom. The van der Waals surface area contributed by atoms with Crippen molar-refractivity contribution in [2.75, 3.05) is 26.2 Å². The molecule has 1 aromatic carbocycles. The molecule has 1 amide bonds. The molecule has 1 saturated carbocycles. The molecule has 2 saturated heterocycles. The van der Waals surface area contributed by atoms with E-state index >= 15 is 0 Å². The van der Waals surface area contributed by atoms with Crippen LogP contribution in [0, 0.1) is 18.3 Å². The van der Waals surface area contributed by atoms with Gasteiger partial charge in [-0.1, -0.05) is 49.6 Å². The number of likely N-dealkylation sites (tertiary alicyclic amines) is 2. The highest BCUT2D eigenvalue weighted by Crippen LogP contribution is 2.49. The second kappa shape index (κ2) is 7.56. The number of benzene rings is 1. The van der Waals surface area contributed by atoms with Gasteiger partial charge in [0, 0.05) is 51.0 Å². The van der Waals surface area contributed by atoms with Gasteiger partial charge in [-0.15, -0.1) is 10.2 Å². The number of hydrogen-bond donors (Lipinski definition) is 0. The maximum absolute atomic E-state index is 13.0. The molecule has 1 spiro atoms. The zero-order chi connectivity index (χ0) is 19.8. The number of aryl methyl sites for hydroxylation is 1. The van der Waals surface area contributed by atoms with Crippen molar-refractivity contribution in [1.82, 2.24) is 20.0 Å². The fourth-order valence-corrected chi connectivity index (χ4v) is 5.62. The van der Waals surface area contributed by atoms with Crippen LogP contribution in [0.25, 0.3) is 0 Å². The van der Waals surface area contributed by atoms with Crippen LogP contribution in [0.2, 0.25) is 0 Å². The Labute approximate surface area is 172 Å². The molecule has 6 nitrogen and oxygen atoms in total. The summed E-state index contributed by atoms with van der Waals surface area (Å²) in [6, 6.07) is 10.6. The van der Waals surface area contributed by atoms with Gasteiger partial charge >= 0.3 is 0 Å². The van der Waals surface area contributed by atoms with Gasteiger partial charge in [-0.3, -0.25) is 9.69 Å². The fraction of sp³-hybridized carbons (Fsp3) is 0.609. The van der Waals surface area contributed by atoms with Crippen LogP contribution in [0.3, 0.4) is 0 Å². The molecular formula is C23H30N4O2. The van der Waals surface area contributed by atoms with E-state index in [0.29, 0.717) is 11.8 Å². The number of rotatable bonds is 4. The summed E-state index contributed by atoms with van der Waals surface area (Å²) < 4.78 is 5.86. The van der Waals surface area contributed by atoms with Gasteiger partial charge in [0.1, 0.15) is 0 Å². The smallest absolute Gasteiger partial charge is 0.225 e. The quantitative estimate of drug-likeness (QED) is 0.795. The van der Waals surface area contributed by atoms with Crippen LogP contribution < -0.4 is 0 Å². The minimum atomic E-state index is 0.0398. The molecule has 29 heavy (non-hydrogen) atoms. The minimum absolute atomic E-state index is 0.0398. The van der Waals surface area contributed by atoms with E-state index in [-0.39, 0.29) is 17.3 Å². The molecule has 1 atom stereocenters. The third kappa shape index (κ3) is 3.59. The van der Waals surface area contributed by atoms with Crippen LogP contribution in [0.15, 0.2) is 34.7 Å². The molecule has 3 aliphatic rings. The maximum atomic E-state index is 13.0. The van der Waals surface area contributed by atoms with Crippen LogP contribution in [0.1, 0.15) is 55.4 Å². The standard InChI is InChI=1S/C23H30N4O2/c1-17-24-25-21(29-17)20-13-26(12-18-8-4-2-5-9-18)14-23(20)15-27(16-23)22(28)19-10-6-3-7-11-19/h2,4-5,8-9,19-20H,3,6-7,10-16H2,1H3. The summed E-state index contributed by atoms with van der Waals surface area (Å²) >= 11 is 0. The fourth-order valence-electron chi connectivity index (χ4n) is 5.62. The van der Waals surface area contributed by atoms with Crippen molar-refractivity contribution >= 4 is 5.91 Å². The normalized spacial score (nSPS) is 24.7. The van der Waals surface area contributed by atoms with Gasteiger partial charge in [0.2, 0.25) is 17.7 Å². The van der Waals surface area contributed by atoms with Crippen LogP contribution in [0.5, 0.6) is 0 Å². The SMILES string of the molecule is Cc1nnc(C2CN(Cc3ccccc3)CC23CN(C(=O)C2CCCCC2)C3)o1. The third-order valence-corrected chi connectivity index (χ3v) is 7.08. The highest BCUT2D eigenvalue weighted by molar-refractivity contribution is 5.80. The lowest BCUT2D eigenvalue weighted by molar-refractivity contribution is -0.149. The first kappa shape index (κ1) is 18.8. The van der Waals surface area contributed by atoms with Crippen molar-refractivity contribution in [3.63, 3.8) is 0 Å². The highest BCUT2D eigenvalue weighted by Gasteiger charge is 2.57. The molecule has 1 aliphatic carbocycles. The van der Waals surface area contributed by atoms with Crippen molar-refractivity contribution in [3.8, 4) is 0 Å². The summed E-state index contributed by atoms with van der Waals surface area (Å²) in [4.78, 5) is 17.6. The number of hydrogen-bond acceptors (Lipinski definition) is 5. The van der Waals surface area contributed by atoms with Crippen molar-refractivity contribution in [2.24, 2.45) is 11.3 Å². The lowest BCUT2D eigenvalue weighted by Gasteiger charge is -2.51. The molecule has 3 heterocycles. The summed E-state index contributed by atoms with van der Waals surface area (Å²) in [6.45, 7) is 6.28. The Morgan fingerprint density at radius 1 is 1.10 bits per heavy atom. The molecule has 1 unspecified atom stereocenters. The molecular weight excluding hydrogens is 364 g/mol. The van der Waals surface area contributed by atoms with Crippen molar-refractivity contribution in [3.05, 3.63) is 47.7 Å². The molecule has 154 valence electrons. The number of carbonyl (C=O) groups excluding carboxylic acids is 1. The van der Waals surface area contributed by atoms with E-state index < -0.39 is 0 Å². The predicted octanol–water partition coefficient (Wildman–Crippen LogP) is 3.39. The molecule has 0 N–H and O–H groups in total. The van der Waals surface area contributed by atoms with E-state index in [2.05, 4.69) is 50.3 Å². The van der Waals surface area contributed by atoms with E-state index in [1.54, 1.807) is 0 Å². The van der Waals surface area contributed by atoms with E-state index in [0.717, 1.165) is 51.5 Å². The Kier molecular flexibility index (Phi) is 4.90. The van der Waals surface area contributed by atoms with Gasteiger partial charge in [-0.05, 0) is 18.4 Å². The monoisotopic (exact) mass is 394 g/mol. The summed E-state index contributed by atoms with van der Waals surface area (Å²) in [6.07, 6.45) is 5.80. The molecule has 2 aliphatic heterocycles. The highest BCUT2D eigenvalue weighted by atomic mass is 16.4. The lowest BCUT2D eigenvalue weighted by Crippen LogP contribution is -2.62. The summed E-state index contributed by atoms with van der Waals surface area (Å²) in [7, 11) is 0. The summed E-state index contributed by atoms with van der Waals surface area (Å²) in [5.74, 6) is 2.17. The lowest BCUT2D eigenvalue weighted by atomic mass is 9.70. The van der Waals surface area contributed by atoms with Crippen molar-refractivity contribution in [1.29, 1.82) is 0 Å². The second-order valence-electron chi connectivity index (χ2n) is 9.26. The van der Waals surface area contributed by atoms with Gasteiger partial charge < -0.3 is 9.32 Å². The zero-order valence-electron chi connectivity index (χ0n) is 17.2. The van der Waals surface area contributed by atoms with Crippen LogP contribution in [-0.4, -0.2) is 52.1 Å². The maximum Gasteiger partial charge on any atom is 0.225 e. The Morgan fingerprint density at radius 2 is 1.86 bits per heavy atom. The largest absolute Gasteiger partial charge is 0.425 e. The number of nitrogens with zero attached hydrogens (tertiary/aromatic N) is 4. The minimum Gasteiger partial charge on any atom is -0.425 e. The Balaban J connectivity index is 1.32. The molecule has 6 heteroatoms. The second-order valence-corrected chi connectivity index (χ2v) is 9.26. The van der Waals surface area contributed by atoms with E-state index in [9.17, 15) is 4.79 Å². The van der Waals surface area contributed by atoms with Gasteiger partial charge in [-0.2, -0.15) is 0 Å². The number of aromatic nitrogens is 2. The van der Waals surface area contributed by atoms with Gasteiger partial charge in [0.15, 0.2) is 0 Å².